The summed E-state index contributed by atoms with van der Waals surface area (Å²) in [6.07, 6.45) is 4.08. The van der Waals surface area contributed by atoms with Gasteiger partial charge in [-0.15, -0.1) is 11.3 Å². The Morgan fingerprint density at radius 3 is 2.46 bits per heavy atom. The highest BCUT2D eigenvalue weighted by Gasteiger charge is 2.13. The maximum Gasteiger partial charge on any atom is 0.265 e. The van der Waals surface area contributed by atoms with Crippen molar-refractivity contribution in [3.63, 3.8) is 0 Å². The van der Waals surface area contributed by atoms with Crippen LogP contribution < -0.4 is 10.0 Å². The van der Waals surface area contributed by atoms with Gasteiger partial charge in [0, 0.05) is 12.2 Å². The van der Waals surface area contributed by atoms with Gasteiger partial charge in [0.2, 0.25) is 10.0 Å². The number of nitrogens with one attached hydrogen (secondary N) is 2. The molecule has 0 atom stereocenters. The molecule has 0 bridgehead atoms. The van der Waals surface area contributed by atoms with Crippen LogP contribution >= 0.6 is 11.3 Å². The van der Waals surface area contributed by atoms with Crippen LogP contribution in [0.1, 0.15) is 42.3 Å². The first-order valence-electron chi connectivity index (χ1n) is 7.97. The molecule has 0 spiro atoms. The molecule has 7 heteroatoms. The molecular formula is C17H22N2O3S2. The molecule has 24 heavy (non-hydrogen) atoms. The van der Waals surface area contributed by atoms with Gasteiger partial charge in [-0.25, -0.2) is 13.1 Å². The molecule has 1 amide bonds. The summed E-state index contributed by atoms with van der Waals surface area (Å²) in [6, 6.07) is 9.73. The largest absolute Gasteiger partial charge is 0.321 e. The highest BCUT2D eigenvalue weighted by molar-refractivity contribution is 7.89. The van der Waals surface area contributed by atoms with Crippen LogP contribution in [0.5, 0.6) is 0 Å². The van der Waals surface area contributed by atoms with E-state index in [1.54, 1.807) is 24.3 Å². The van der Waals surface area contributed by atoms with Crippen molar-refractivity contribution in [2.75, 3.05) is 11.9 Å². The molecule has 0 unspecified atom stereocenters. The number of hydrogen-bond acceptors (Lipinski definition) is 4. The molecule has 0 aliphatic rings. The lowest BCUT2D eigenvalue weighted by atomic mass is 10.2. The van der Waals surface area contributed by atoms with Crippen molar-refractivity contribution < 1.29 is 13.2 Å². The Hall–Kier alpha value is -1.70. The molecule has 0 radical (unpaired) electrons. The zero-order valence-corrected chi connectivity index (χ0v) is 15.3. The Morgan fingerprint density at radius 2 is 1.83 bits per heavy atom. The normalized spacial score (nSPS) is 11.4. The summed E-state index contributed by atoms with van der Waals surface area (Å²) < 4.78 is 27.0. The Kier molecular flexibility index (Phi) is 6.96. The number of unbranched alkanes of at least 4 members (excludes halogenated alkanes) is 3. The van der Waals surface area contributed by atoms with Gasteiger partial charge in [0.05, 0.1) is 9.77 Å². The van der Waals surface area contributed by atoms with Crippen LogP contribution in [0.15, 0.2) is 46.7 Å². The first kappa shape index (κ1) is 18.6. The molecule has 2 aromatic rings. The van der Waals surface area contributed by atoms with E-state index in [2.05, 4.69) is 17.0 Å². The number of carbonyl (C=O) groups is 1. The van der Waals surface area contributed by atoms with E-state index in [0.717, 1.165) is 25.7 Å². The zero-order chi connectivity index (χ0) is 17.4. The van der Waals surface area contributed by atoms with Gasteiger partial charge in [0.15, 0.2) is 0 Å². The molecule has 0 saturated carbocycles. The SMILES string of the molecule is CCCCCCNS(=O)(=O)c1ccc(NC(=O)c2cccs2)cc1. The third-order valence-corrected chi connectivity index (χ3v) is 5.84. The summed E-state index contributed by atoms with van der Waals surface area (Å²) in [5, 5.41) is 4.58. The Morgan fingerprint density at radius 1 is 1.08 bits per heavy atom. The third-order valence-electron chi connectivity index (χ3n) is 3.49. The van der Waals surface area contributed by atoms with Crippen molar-refractivity contribution in [2.24, 2.45) is 0 Å². The molecular weight excluding hydrogens is 344 g/mol. The van der Waals surface area contributed by atoms with Gasteiger partial charge in [0.25, 0.3) is 5.91 Å². The number of hydrogen-bond donors (Lipinski definition) is 2. The van der Waals surface area contributed by atoms with Gasteiger partial charge < -0.3 is 5.32 Å². The van der Waals surface area contributed by atoms with E-state index in [1.807, 2.05) is 5.38 Å². The lowest BCUT2D eigenvalue weighted by Gasteiger charge is -2.08. The topological polar surface area (TPSA) is 75.3 Å². The van der Waals surface area contributed by atoms with Gasteiger partial charge in [-0.1, -0.05) is 32.3 Å². The fourth-order valence-electron chi connectivity index (χ4n) is 2.16. The molecule has 5 nitrogen and oxygen atoms in total. The predicted molar refractivity (Wildman–Crippen MR) is 98.0 cm³/mol. The third kappa shape index (κ3) is 5.43. The van der Waals surface area contributed by atoms with Gasteiger partial charge in [-0.2, -0.15) is 0 Å². The predicted octanol–water partition coefficient (Wildman–Crippen LogP) is 3.86. The Labute approximate surface area is 147 Å². The van der Waals surface area contributed by atoms with Crippen molar-refractivity contribution in [3.8, 4) is 0 Å². The van der Waals surface area contributed by atoms with Gasteiger partial charge >= 0.3 is 0 Å². The van der Waals surface area contributed by atoms with E-state index in [0.29, 0.717) is 17.1 Å². The Bertz CT molecular complexity index is 739. The average molecular weight is 367 g/mol. The molecule has 2 N–H and O–H groups in total. The minimum Gasteiger partial charge on any atom is -0.321 e. The van der Waals surface area contributed by atoms with Crippen LogP contribution in [-0.4, -0.2) is 20.9 Å². The number of rotatable bonds is 9. The number of thiophene rings is 1. The van der Waals surface area contributed by atoms with E-state index >= 15 is 0 Å². The van der Waals surface area contributed by atoms with Gasteiger partial charge in [-0.05, 0) is 42.1 Å². The molecule has 0 fully saturated rings. The van der Waals surface area contributed by atoms with Crippen LogP contribution in [0, 0.1) is 0 Å². The molecule has 130 valence electrons. The molecule has 1 aromatic heterocycles. The van der Waals surface area contributed by atoms with Crippen molar-refractivity contribution in [3.05, 3.63) is 46.7 Å². The number of benzene rings is 1. The molecule has 1 aromatic carbocycles. The number of sulfonamides is 1. The quantitative estimate of drug-likeness (QED) is 0.662. The first-order chi connectivity index (χ1) is 11.5. The summed E-state index contributed by atoms with van der Waals surface area (Å²) >= 11 is 1.35. The Balaban J connectivity index is 1.91. The van der Waals surface area contributed by atoms with Crippen LogP contribution in [0.3, 0.4) is 0 Å². The second-order valence-corrected chi connectivity index (χ2v) is 8.13. The lowest BCUT2D eigenvalue weighted by Crippen LogP contribution is -2.24. The number of anilines is 1. The maximum absolute atomic E-state index is 12.2. The molecule has 0 aliphatic carbocycles. The van der Waals surface area contributed by atoms with Gasteiger partial charge in [0.1, 0.15) is 0 Å². The molecule has 0 saturated heterocycles. The molecule has 1 heterocycles. The molecule has 0 aliphatic heterocycles. The monoisotopic (exact) mass is 366 g/mol. The van der Waals surface area contributed by atoms with E-state index in [1.165, 1.54) is 23.5 Å². The first-order valence-corrected chi connectivity index (χ1v) is 10.3. The number of amides is 1. The highest BCUT2D eigenvalue weighted by atomic mass is 32.2. The van der Waals surface area contributed by atoms with E-state index in [-0.39, 0.29) is 10.8 Å². The number of carbonyl (C=O) groups excluding carboxylic acids is 1. The van der Waals surface area contributed by atoms with E-state index in [4.69, 9.17) is 0 Å². The second-order valence-electron chi connectivity index (χ2n) is 5.41. The fourth-order valence-corrected chi connectivity index (χ4v) is 3.85. The van der Waals surface area contributed by atoms with Crippen molar-refractivity contribution in [2.45, 2.75) is 37.5 Å². The van der Waals surface area contributed by atoms with Crippen molar-refractivity contribution in [1.29, 1.82) is 0 Å². The maximum atomic E-state index is 12.2. The van der Waals surface area contributed by atoms with E-state index in [9.17, 15) is 13.2 Å². The lowest BCUT2D eigenvalue weighted by molar-refractivity contribution is 0.103. The zero-order valence-electron chi connectivity index (χ0n) is 13.6. The van der Waals surface area contributed by atoms with Crippen molar-refractivity contribution in [1.82, 2.24) is 4.72 Å². The summed E-state index contributed by atoms with van der Waals surface area (Å²) in [4.78, 5) is 12.8. The minimum atomic E-state index is -3.50. The highest BCUT2D eigenvalue weighted by Crippen LogP contribution is 2.16. The van der Waals surface area contributed by atoms with E-state index < -0.39 is 10.0 Å². The molecule has 2 rings (SSSR count). The van der Waals surface area contributed by atoms with Crippen LogP contribution in [-0.2, 0) is 10.0 Å². The standard InChI is InChI=1S/C17H22N2O3S2/c1-2-3-4-5-12-18-24(21,22)15-10-8-14(9-11-15)19-17(20)16-7-6-13-23-16/h6-11,13,18H,2-5,12H2,1H3,(H,19,20). The average Bonchev–Trinajstić information content (AvgIpc) is 3.10. The minimum absolute atomic E-state index is 0.199. The fraction of sp³-hybridized carbons (Fsp3) is 0.353. The van der Waals surface area contributed by atoms with Crippen LogP contribution in [0.4, 0.5) is 5.69 Å². The van der Waals surface area contributed by atoms with Gasteiger partial charge in [-0.3, -0.25) is 4.79 Å². The second kappa shape index (κ2) is 8.96. The summed E-state index contributed by atoms with van der Waals surface area (Å²) in [5.41, 5.74) is 0.565. The summed E-state index contributed by atoms with van der Waals surface area (Å²) in [5.74, 6) is -0.199. The summed E-state index contributed by atoms with van der Waals surface area (Å²) in [6.45, 7) is 2.56. The van der Waals surface area contributed by atoms with Crippen LogP contribution in [0.2, 0.25) is 0 Å². The summed E-state index contributed by atoms with van der Waals surface area (Å²) in [7, 11) is -3.50. The van der Waals surface area contributed by atoms with Crippen LogP contribution in [0.25, 0.3) is 0 Å². The smallest absolute Gasteiger partial charge is 0.265 e. The van der Waals surface area contributed by atoms with Crippen molar-refractivity contribution >= 4 is 33.0 Å².